The zero-order chi connectivity index (χ0) is 23.0. The van der Waals surface area contributed by atoms with Gasteiger partial charge in [-0.15, -0.1) is 0 Å². The zero-order valence-electron chi connectivity index (χ0n) is 19.7. The molecule has 3 amide bonds. The minimum Gasteiger partial charge on any atom is -0.309 e. The highest BCUT2D eigenvalue weighted by molar-refractivity contribution is 6.07. The molecule has 1 atom stereocenters. The highest BCUT2D eigenvalue weighted by atomic mass is 16.2. The number of piperidine rings is 1. The van der Waals surface area contributed by atoms with E-state index in [9.17, 15) is 9.59 Å². The Kier molecular flexibility index (Phi) is 5.95. The second kappa shape index (κ2) is 8.90. The van der Waals surface area contributed by atoms with Crippen LogP contribution in [0, 0.1) is 5.92 Å². The van der Waals surface area contributed by atoms with Crippen LogP contribution in [0.4, 0.5) is 4.79 Å². The van der Waals surface area contributed by atoms with Crippen LogP contribution < -0.4 is 0 Å². The van der Waals surface area contributed by atoms with Crippen LogP contribution in [0.2, 0.25) is 0 Å². The van der Waals surface area contributed by atoms with Crippen molar-refractivity contribution in [2.24, 2.45) is 5.92 Å². The van der Waals surface area contributed by atoms with Crippen LogP contribution in [-0.4, -0.2) is 62.8 Å². The third-order valence-corrected chi connectivity index (χ3v) is 7.68. The minimum absolute atomic E-state index is 0.0348. The van der Waals surface area contributed by atoms with Crippen LogP contribution in [-0.2, 0) is 24.2 Å². The summed E-state index contributed by atoms with van der Waals surface area (Å²) in [6, 6.07) is 14.8. The molecule has 2 saturated heterocycles. The number of urea groups is 1. The van der Waals surface area contributed by atoms with E-state index in [1.54, 1.807) is 6.20 Å². The van der Waals surface area contributed by atoms with Crippen LogP contribution in [0.25, 0.3) is 0 Å². The average Bonchev–Trinajstić information content (AvgIpc) is 3.01. The average molecular weight is 447 g/mol. The van der Waals surface area contributed by atoms with Crippen molar-refractivity contribution < 1.29 is 9.59 Å². The normalized spacial score (nSPS) is 22.9. The predicted molar refractivity (Wildman–Crippen MR) is 128 cm³/mol. The van der Waals surface area contributed by atoms with Crippen molar-refractivity contribution in [2.45, 2.75) is 64.1 Å². The van der Waals surface area contributed by atoms with E-state index in [0.717, 1.165) is 31.6 Å². The number of likely N-dealkylation sites (tertiary alicyclic amines) is 1. The van der Waals surface area contributed by atoms with Crippen molar-refractivity contribution >= 4 is 11.9 Å². The van der Waals surface area contributed by atoms with E-state index in [2.05, 4.69) is 48.0 Å². The van der Waals surface area contributed by atoms with Gasteiger partial charge in [-0.25, -0.2) is 4.79 Å². The number of fused-ring (bicyclic) bond motifs is 1. The lowest BCUT2D eigenvalue weighted by molar-refractivity contribution is -0.136. The summed E-state index contributed by atoms with van der Waals surface area (Å²) in [5, 5.41) is 0. The quantitative estimate of drug-likeness (QED) is 0.654. The predicted octanol–water partition coefficient (Wildman–Crippen LogP) is 3.89. The van der Waals surface area contributed by atoms with Crippen LogP contribution >= 0.6 is 0 Å². The molecule has 0 N–H and O–H groups in total. The van der Waals surface area contributed by atoms with Crippen molar-refractivity contribution in [1.29, 1.82) is 0 Å². The monoisotopic (exact) mass is 446 g/mol. The molecule has 174 valence electrons. The molecular weight excluding hydrogens is 412 g/mol. The fourth-order valence-corrected chi connectivity index (χ4v) is 5.93. The van der Waals surface area contributed by atoms with Crippen LogP contribution in [0.5, 0.6) is 0 Å². The van der Waals surface area contributed by atoms with E-state index in [4.69, 9.17) is 0 Å². The number of hydrogen-bond acceptors (Lipinski definition) is 4. The number of rotatable bonds is 5. The first kappa shape index (κ1) is 22.1. The fraction of sp³-hybridized carbons (Fsp3) is 0.519. The molecule has 1 spiro atoms. The molecule has 0 unspecified atom stereocenters. The van der Waals surface area contributed by atoms with Crippen molar-refractivity contribution in [3.05, 3.63) is 65.5 Å². The maximum Gasteiger partial charge on any atom is 0.328 e. The lowest BCUT2D eigenvalue weighted by Crippen LogP contribution is -2.59. The summed E-state index contributed by atoms with van der Waals surface area (Å²) in [6.07, 6.45) is 6.50. The first-order valence-corrected chi connectivity index (χ1v) is 12.3. The highest BCUT2D eigenvalue weighted by Crippen LogP contribution is 2.39. The molecule has 2 fully saturated rings. The van der Waals surface area contributed by atoms with Crippen LogP contribution in [0.3, 0.4) is 0 Å². The van der Waals surface area contributed by atoms with Gasteiger partial charge in [0.15, 0.2) is 0 Å². The number of nitrogens with zero attached hydrogens (tertiary/aromatic N) is 4. The van der Waals surface area contributed by atoms with E-state index in [1.807, 2.05) is 23.1 Å². The fourth-order valence-electron chi connectivity index (χ4n) is 5.93. The Bertz CT molecular complexity index is 1010. The molecule has 1 aliphatic carbocycles. The standard InChI is InChI=1S/C27H34N4O2/c1-20(2)18-31-26(33)30(19-23-9-5-6-14-28-23)25(32)27(31)12-15-29(16-13-27)24-11-10-21-7-3-4-8-22(21)17-24/h3-9,14,20,24H,10-13,15-19H2,1-2H3/t24-/m0/s1. The number of aromatic nitrogens is 1. The number of benzene rings is 1. The second-order valence-electron chi connectivity index (χ2n) is 10.2. The largest absolute Gasteiger partial charge is 0.328 e. The van der Waals surface area contributed by atoms with Gasteiger partial charge in [0.1, 0.15) is 5.54 Å². The van der Waals surface area contributed by atoms with Gasteiger partial charge in [-0.2, -0.15) is 0 Å². The maximum absolute atomic E-state index is 13.8. The zero-order valence-corrected chi connectivity index (χ0v) is 19.7. The van der Waals surface area contributed by atoms with Crippen LogP contribution in [0.1, 0.15) is 49.9 Å². The number of carbonyl (C=O) groups excluding carboxylic acids is 2. The van der Waals surface area contributed by atoms with Crippen molar-refractivity contribution in [1.82, 2.24) is 19.7 Å². The molecule has 3 aliphatic rings. The van der Waals surface area contributed by atoms with Crippen molar-refractivity contribution in [3.8, 4) is 0 Å². The number of pyridine rings is 1. The number of aryl methyl sites for hydroxylation is 1. The summed E-state index contributed by atoms with van der Waals surface area (Å²) in [4.78, 5) is 37.4. The summed E-state index contributed by atoms with van der Waals surface area (Å²) in [6.45, 7) is 6.80. The number of imide groups is 1. The molecule has 2 aliphatic heterocycles. The second-order valence-corrected chi connectivity index (χ2v) is 10.2. The third kappa shape index (κ3) is 4.05. The highest BCUT2D eigenvalue weighted by Gasteiger charge is 2.58. The lowest BCUT2D eigenvalue weighted by atomic mass is 9.82. The summed E-state index contributed by atoms with van der Waals surface area (Å²) in [5.41, 5.74) is 2.98. The van der Waals surface area contributed by atoms with Gasteiger partial charge in [-0.05, 0) is 61.3 Å². The Morgan fingerprint density at radius 2 is 1.76 bits per heavy atom. The Labute approximate surface area is 196 Å². The molecule has 5 rings (SSSR count). The summed E-state index contributed by atoms with van der Waals surface area (Å²) in [7, 11) is 0. The molecule has 1 aromatic heterocycles. The van der Waals surface area contributed by atoms with E-state index >= 15 is 0 Å². The Morgan fingerprint density at radius 3 is 2.45 bits per heavy atom. The SMILES string of the molecule is CC(C)CN1C(=O)N(Cc2ccccn2)C(=O)C12CCN([C@H]1CCc3ccccc3C1)CC2. The van der Waals surface area contributed by atoms with Gasteiger partial charge in [0, 0.05) is 31.9 Å². The van der Waals surface area contributed by atoms with E-state index < -0.39 is 5.54 Å². The van der Waals surface area contributed by atoms with Crippen LogP contribution in [0.15, 0.2) is 48.7 Å². The number of amides is 3. The van der Waals surface area contributed by atoms with Gasteiger partial charge in [-0.3, -0.25) is 19.6 Å². The summed E-state index contributed by atoms with van der Waals surface area (Å²) < 4.78 is 0. The Hall–Kier alpha value is -2.73. The van der Waals surface area contributed by atoms with Gasteiger partial charge in [0.05, 0.1) is 12.2 Å². The third-order valence-electron chi connectivity index (χ3n) is 7.68. The van der Waals surface area contributed by atoms with Gasteiger partial charge in [-0.1, -0.05) is 44.2 Å². The van der Waals surface area contributed by atoms with E-state index in [1.165, 1.54) is 22.4 Å². The molecule has 0 saturated carbocycles. The van der Waals surface area contributed by atoms with Crippen molar-refractivity contribution in [2.75, 3.05) is 19.6 Å². The first-order chi connectivity index (χ1) is 16.0. The summed E-state index contributed by atoms with van der Waals surface area (Å²) >= 11 is 0. The van der Waals surface area contributed by atoms with Crippen molar-refractivity contribution in [3.63, 3.8) is 0 Å². The Balaban J connectivity index is 1.33. The topological polar surface area (TPSA) is 56.8 Å². The van der Waals surface area contributed by atoms with Gasteiger partial charge < -0.3 is 4.90 Å². The van der Waals surface area contributed by atoms with E-state index in [0.29, 0.717) is 31.3 Å². The number of hydrogen-bond donors (Lipinski definition) is 0. The molecule has 2 aromatic rings. The van der Waals surface area contributed by atoms with Gasteiger partial charge >= 0.3 is 6.03 Å². The molecule has 3 heterocycles. The number of carbonyl (C=O) groups is 2. The lowest BCUT2D eigenvalue weighted by Gasteiger charge is -2.46. The van der Waals surface area contributed by atoms with Gasteiger partial charge in [0.25, 0.3) is 5.91 Å². The maximum atomic E-state index is 13.8. The van der Waals surface area contributed by atoms with Gasteiger partial charge in [0.2, 0.25) is 0 Å². The molecule has 33 heavy (non-hydrogen) atoms. The minimum atomic E-state index is -0.709. The molecule has 6 heteroatoms. The molecule has 6 nitrogen and oxygen atoms in total. The Morgan fingerprint density at radius 1 is 1.03 bits per heavy atom. The van der Waals surface area contributed by atoms with E-state index in [-0.39, 0.29) is 18.5 Å². The molecule has 0 radical (unpaired) electrons. The molecule has 0 bridgehead atoms. The first-order valence-electron chi connectivity index (χ1n) is 12.3. The smallest absolute Gasteiger partial charge is 0.309 e. The molecule has 1 aromatic carbocycles. The summed E-state index contributed by atoms with van der Waals surface area (Å²) in [5.74, 6) is 0.272. The molecular formula is C27H34N4O2.